The average molecular weight is 274 g/mol. The van der Waals surface area contributed by atoms with E-state index < -0.39 is 0 Å². The van der Waals surface area contributed by atoms with Crippen molar-refractivity contribution in [1.29, 1.82) is 0 Å². The average Bonchev–Trinajstić information content (AvgIpc) is 2.95. The molecule has 0 saturated carbocycles. The molecule has 0 spiro atoms. The van der Waals surface area contributed by atoms with Crippen molar-refractivity contribution < 1.29 is 0 Å². The Labute approximate surface area is 115 Å². The standard InChI is InChI=1S/C13H12ClN5/c1-19-6-5-16-13(19)11-10(12(15)18-17-11)8-3-2-4-9(14)7-8/h2-7H,1H3,(H3,15,17,18). The van der Waals surface area contributed by atoms with Crippen LogP contribution in [0.5, 0.6) is 0 Å². The second-order valence-corrected chi connectivity index (χ2v) is 4.67. The van der Waals surface area contributed by atoms with Gasteiger partial charge < -0.3 is 10.3 Å². The predicted octanol–water partition coefficient (Wildman–Crippen LogP) is 2.71. The highest BCUT2D eigenvalue weighted by molar-refractivity contribution is 6.30. The van der Waals surface area contributed by atoms with E-state index in [4.69, 9.17) is 17.3 Å². The zero-order chi connectivity index (χ0) is 13.4. The molecule has 0 amide bonds. The molecule has 0 unspecified atom stereocenters. The lowest BCUT2D eigenvalue weighted by Crippen LogP contribution is -1.94. The number of nitrogens with two attached hydrogens (primary N) is 1. The molecule has 3 N–H and O–H groups in total. The fraction of sp³-hybridized carbons (Fsp3) is 0.0769. The van der Waals surface area contributed by atoms with Gasteiger partial charge in [-0.3, -0.25) is 5.10 Å². The van der Waals surface area contributed by atoms with Crippen LogP contribution in [0.2, 0.25) is 5.02 Å². The second-order valence-electron chi connectivity index (χ2n) is 4.23. The predicted molar refractivity (Wildman–Crippen MR) is 75.6 cm³/mol. The minimum atomic E-state index is 0.431. The van der Waals surface area contributed by atoms with Gasteiger partial charge in [0.2, 0.25) is 0 Å². The first-order valence-electron chi connectivity index (χ1n) is 5.74. The van der Waals surface area contributed by atoms with E-state index in [9.17, 15) is 0 Å². The lowest BCUT2D eigenvalue weighted by Gasteiger charge is -2.05. The Kier molecular flexibility index (Phi) is 2.76. The number of H-pyrrole nitrogens is 1. The van der Waals surface area contributed by atoms with Crippen LogP contribution in [0.1, 0.15) is 0 Å². The third-order valence-corrected chi connectivity index (χ3v) is 3.19. The Morgan fingerprint density at radius 3 is 2.89 bits per heavy atom. The van der Waals surface area contributed by atoms with Crippen LogP contribution in [0.3, 0.4) is 0 Å². The number of aromatic amines is 1. The van der Waals surface area contributed by atoms with E-state index in [-0.39, 0.29) is 0 Å². The SMILES string of the molecule is Cn1ccnc1-c1[nH]nc(N)c1-c1cccc(Cl)c1. The molecule has 0 atom stereocenters. The van der Waals surface area contributed by atoms with Gasteiger partial charge >= 0.3 is 0 Å². The van der Waals surface area contributed by atoms with Crippen molar-refractivity contribution in [2.75, 3.05) is 5.73 Å². The molecule has 0 bridgehead atoms. The molecular formula is C13H12ClN5. The lowest BCUT2D eigenvalue weighted by atomic mass is 10.1. The zero-order valence-electron chi connectivity index (χ0n) is 10.3. The summed E-state index contributed by atoms with van der Waals surface area (Å²) in [6, 6.07) is 7.50. The molecule has 0 aliphatic rings. The van der Waals surface area contributed by atoms with Crippen molar-refractivity contribution in [2.45, 2.75) is 0 Å². The number of halogens is 1. The number of nitrogen functional groups attached to an aromatic ring is 1. The highest BCUT2D eigenvalue weighted by Crippen LogP contribution is 2.34. The summed E-state index contributed by atoms with van der Waals surface area (Å²) in [6.45, 7) is 0. The van der Waals surface area contributed by atoms with E-state index in [1.807, 2.05) is 42.1 Å². The van der Waals surface area contributed by atoms with Gasteiger partial charge in [0.1, 0.15) is 5.69 Å². The van der Waals surface area contributed by atoms with Gasteiger partial charge in [-0.1, -0.05) is 23.7 Å². The monoisotopic (exact) mass is 273 g/mol. The Balaban J connectivity index is 2.22. The summed E-state index contributed by atoms with van der Waals surface area (Å²) in [5, 5.41) is 7.67. The quantitative estimate of drug-likeness (QED) is 0.754. The number of anilines is 1. The molecule has 0 aliphatic carbocycles. The molecule has 1 aromatic carbocycles. The topological polar surface area (TPSA) is 72.5 Å². The van der Waals surface area contributed by atoms with Crippen LogP contribution >= 0.6 is 11.6 Å². The number of benzene rings is 1. The van der Waals surface area contributed by atoms with E-state index in [2.05, 4.69) is 15.2 Å². The van der Waals surface area contributed by atoms with Crippen molar-refractivity contribution >= 4 is 17.4 Å². The van der Waals surface area contributed by atoms with Crippen LogP contribution in [0, 0.1) is 0 Å². The molecule has 3 rings (SSSR count). The molecule has 19 heavy (non-hydrogen) atoms. The van der Waals surface area contributed by atoms with Crippen LogP contribution in [0.15, 0.2) is 36.7 Å². The number of nitrogens with one attached hydrogen (secondary N) is 1. The fourth-order valence-corrected chi connectivity index (χ4v) is 2.25. The first-order chi connectivity index (χ1) is 9.16. The summed E-state index contributed by atoms with van der Waals surface area (Å²) in [5.41, 5.74) is 8.47. The van der Waals surface area contributed by atoms with E-state index in [1.54, 1.807) is 6.20 Å². The van der Waals surface area contributed by atoms with Crippen LogP contribution in [-0.4, -0.2) is 19.7 Å². The van der Waals surface area contributed by atoms with Crippen LogP contribution < -0.4 is 5.73 Å². The van der Waals surface area contributed by atoms with Gasteiger partial charge in [0.25, 0.3) is 0 Å². The van der Waals surface area contributed by atoms with Crippen LogP contribution in [0.4, 0.5) is 5.82 Å². The number of aromatic nitrogens is 4. The molecule has 0 saturated heterocycles. The summed E-state index contributed by atoms with van der Waals surface area (Å²) in [5.74, 6) is 1.21. The molecule has 2 heterocycles. The summed E-state index contributed by atoms with van der Waals surface area (Å²) in [4.78, 5) is 4.31. The maximum atomic E-state index is 6.03. The van der Waals surface area contributed by atoms with Gasteiger partial charge in [0, 0.05) is 24.5 Å². The van der Waals surface area contributed by atoms with Gasteiger partial charge in [-0.25, -0.2) is 4.98 Å². The van der Waals surface area contributed by atoms with E-state index in [0.29, 0.717) is 10.8 Å². The molecule has 3 aromatic rings. The van der Waals surface area contributed by atoms with Crippen molar-refractivity contribution in [3.63, 3.8) is 0 Å². The van der Waals surface area contributed by atoms with Crippen molar-refractivity contribution in [3.05, 3.63) is 41.7 Å². The summed E-state index contributed by atoms with van der Waals surface area (Å²) >= 11 is 6.03. The maximum Gasteiger partial charge on any atom is 0.158 e. The lowest BCUT2D eigenvalue weighted by molar-refractivity contribution is 0.914. The number of hydrogen-bond acceptors (Lipinski definition) is 3. The Morgan fingerprint density at radius 1 is 1.37 bits per heavy atom. The molecule has 0 aliphatic heterocycles. The molecule has 96 valence electrons. The Hall–Kier alpha value is -2.27. The van der Waals surface area contributed by atoms with Gasteiger partial charge in [-0.2, -0.15) is 5.10 Å². The zero-order valence-corrected chi connectivity index (χ0v) is 11.0. The number of imidazole rings is 1. The normalized spacial score (nSPS) is 10.8. The minimum absolute atomic E-state index is 0.431. The van der Waals surface area contributed by atoms with Gasteiger partial charge in [-0.05, 0) is 17.7 Å². The van der Waals surface area contributed by atoms with Crippen LogP contribution in [0.25, 0.3) is 22.6 Å². The molecule has 0 radical (unpaired) electrons. The van der Waals surface area contributed by atoms with Crippen molar-refractivity contribution in [1.82, 2.24) is 19.7 Å². The van der Waals surface area contributed by atoms with Gasteiger partial charge in [0.05, 0.1) is 5.56 Å². The van der Waals surface area contributed by atoms with E-state index in [1.165, 1.54) is 0 Å². The number of nitrogens with zero attached hydrogens (tertiary/aromatic N) is 3. The summed E-state index contributed by atoms with van der Waals surface area (Å²) in [7, 11) is 1.92. The summed E-state index contributed by atoms with van der Waals surface area (Å²) in [6.07, 6.45) is 3.60. The second kappa shape index (κ2) is 4.44. The highest BCUT2D eigenvalue weighted by Gasteiger charge is 2.17. The molecular weight excluding hydrogens is 262 g/mol. The third-order valence-electron chi connectivity index (χ3n) is 2.95. The van der Waals surface area contributed by atoms with Gasteiger partial charge in [0.15, 0.2) is 11.6 Å². The molecule has 0 fully saturated rings. The summed E-state index contributed by atoms with van der Waals surface area (Å²) < 4.78 is 1.90. The molecule has 2 aromatic heterocycles. The molecule has 6 heteroatoms. The van der Waals surface area contributed by atoms with E-state index in [0.717, 1.165) is 22.6 Å². The van der Waals surface area contributed by atoms with E-state index >= 15 is 0 Å². The van der Waals surface area contributed by atoms with Crippen molar-refractivity contribution in [3.8, 4) is 22.6 Å². The third kappa shape index (κ3) is 1.98. The number of rotatable bonds is 2. The fourth-order valence-electron chi connectivity index (χ4n) is 2.06. The van der Waals surface area contributed by atoms with Crippen molar-refractivity contribution in [2.24, 2.45) is 7.05 Å². The Bertz CT molecular complexity index is 728. The smallest absolute Gasteiger partial charge is 0.158 e. The highest BCUT2D eigenvalue weighted by atomic mass is 35.5. The largest absolute Gasteiger partial charge is 0.382 e. The number of hydrogen-bond donors (Lipinski definition) is 2. The first-order valence-corrected chi connectivity index (χ1v) is 6.12. The number of aryl methyl sites for hydroxylation is 1. The maximum absolute atomic E-state index is 6.03. The molecule has 5 nitrogen and oxygen atoms in total. The Morgan fingerprint density at radius 2 is 2.21 bits per heavy atom. The minimum Gasteiger partial charge on any atom is -0.382 e. The van der Waals surface area contributed by atoms with Gasteiger partial charge in [-0.15, -0.1) is 0 Å². The van der Waals surface area contributed by atoms with Crippen LogP contribution in [-0.2, 0) is 7.05 Å². The first kappa shape index (κ1) is 11.8.